The van der Waals surface area contributed by atoms with Crippen LogP contribution in [0.1, 0.15) is 10.4 Å². The van der Waals surface area contributed by atoms with Crippen molar-refractivity contribution in [3.63, 3.8) is 0 Å². The number of amides is 2. The van der Waals surface area contributed by atoms with Crippen LogP contribution in [-0.2, 0) is 4.79 Å². The van der Waals surface area contributed by atoms with E-state index in [0.29, 0.717) is 10.7 Å². The van der Waals surface area contributed by atoms with Gasteiger partial charge < -0.3 is 20.5 Å². The quantitative estimate of drug-likeness (QED) is 0.819. The monoisotopic (exact) mass is 368 g/mol. The molecule has 0 fully saturated rings. The van der Waals surface area contributed by atoms with E-state index in [0.717, 1.165) is 0 Å². The fraction of sp³-hybridized carbons (Fsp3) is 0.125. The third-order valence-corrected chi connectivity index (χ3v) is 3.49. The lowest BCUT2D eigenvalue weighted by atomic mass is 10.1. The minimum atomic E-state index is -0.655. The summed E-state index contributed by atoms with van der Waals surface area (Å²) in [6, 6.07) is 9.52. The number of anilines is 1. The number of benzene rings is 2. The largest absolute Gasteiger partial charge is 0.493 e. The standard InChI is InChI=1S/C16H14Cl2N2O4/c1-23-13-7-9(6-12(18)15(13)24-8-14(19)21)16(22)20-11-4-2-10(17)3-5-11/h2-7H,8H2,1H3,(H2,19,21)(H,20,22). The highest BCUT2D eigenvalue weighted by atomic mass is 35.5. The minimum Gasteiger partial charge on any atom is -0.493 e. The maximum absolute atomic E-state index is 12.3. The van der Waals surface area contributed by atoms with Gasteiger partial charge in [-0.2, -0.15) is 0 Å². The molecule has 0 saturated heterocycles. The Labute approximate surface area is 148 Å². The average Bonchev–Trinajstić information content (AvgIpc) is 2.54. The van der Waals surface area contributed by atoms with Gasteiger partial charge in [0.2, 0.25) is 0 Å². The van der Waals surface area contributed by atoms with Crippen LogP contribution in [0.25, 0.3) is 0 Å². The van der Waals surface area contributed by atoms with E-state index >= 15 is 0 Å². The van der Waals surface area contributed by atoms with Gasteiger partial charge in [0, 0.05) is 16.3 Å². The lowest BCUT2D eigenvalue weighted by molar-refractivity contribution is -0.119. The maximum atomic E-state index is 12.3. The molecule has 0 aliphatic rings. The fourth-order valence-electron chi connectivity index (χ4n) is 1.87. The molecule has 2 amide bonds. The first-order chi connectivity index (χ1) is 11.4. The van der Waals surface area contributed by atoms with Crippen molar-refractivity contribution in [2.24, 2.45) is 5.73 Å². The highest BCUT2D eigenvalue weighted by Crippen LogP contribution is 2.36. The van der Waals surface area contributed by atoms with E-state index in [1.54, 1.807) is 24.3 Å². The molecule has 3 N–H and O–H groups in total. The van der Waals surface area contributed by atoms with Crippen molar-refractivity contribution in [1.29, 1.82) is 0 Å². The normalized spacial score (nSPS) is 10.1. The van der Waals surface area contributed by atoms with Crippen LogP contribution in [-0.4, -0.2) is 25.5 Å². The molecular weight excluding hydrogens is 355 g/mol. The van der Waals surface area contributed by atoms with E-state index in [9.17, 15) is 9.59 Å². The third-order valence-electron chi connectivity index (χ3n) is 2.95. The van der Waals surface area contributed by atoms with Crippen molar-refractivity contribution in [3.8, 4) is 11.5 Å². The SMILES string of the molecule is COc1cc(C(=O)Nc2ccc(Cl)cc2)cc(Cl)c1OCC(N)=O. The summed E-state index contributed by atoms with van der Waals surface area (Å²) in [7, 11) is 1.39. The molecule has 0 radical (unpaired) electrons. The molecule has 0 saturated carbocycles. The van der Waals surface area contributed by atoms with Crippen molar-refractivity contribution < 1.29 is 19.1 Å². The van der Waals surface area contributed by atoms with Gasteiger partial charge in [-0.15, -0.1) is 0 Å². The topological polar surface area (TPSA) is 90.7 Å². The highest BCUT2D eigenvalue weighted by Gasteiger charge is 2.16. The van der Waals surface area contributed by atoms with Gasteiger partial charge in [-0.3, -0.25) is 9.59 Å². The second-order valence-corrected chi connectivity index (χ2v) is 5.55. The summed E-state index contributed by atoms with van der Waals surface area (Å²) in [5.41, 5.74) is 5.87. The molecule has 0 unspecified atom stereocenters. The van der Waals surface area contributed by atoms with Crippen LogP contribution in [0.4, 0.5) is 5.69 Å². The zero-order valence-corrected chi connectivity index (χ0v) is 14.1. The Bertz CT molecular complexity index is 763. The molecule has 0 spiro atoms. The highest BCUT2D eigenvalue weighted by molar-refractivity contribution is 6.33. The Morgan fingerprint density at radius 3 is 2.42 bits per heavy atom. The second kappa shape index (κ2) is 7.90. The van der Waals surface area contributed by atoms with Gasteiger partial charge in [-0.05, 0) is 36.4 Å². The minimum absolute atomic E-state index is 0.122. The van der Waals surface area contributed by atoms with E-state index in [1.807, 2.05) is 0 Å². The lowest BCUT2D eigenvalue weighted by Crippen LogP contribution is -2.20. The van der Waals surface area contributed by atoms with E-state index in [-0.39, 0.29) is 34.6 Å². The number of nitrogens with two attached hydrogens (primary N) is 1. The molecule has 2 aromatic carbocycles. The van der Waals surface area contributed by atoms with Crippen LogP contribution < -0.4 is 20.5 Å². The molecule has 2 rings (SSSR count). The van der Waals surface area contributed by atoms with Gasteiger partial charge >= 0.3 is 0 Å². The van der Waals surface area contributed by atoms with Gasteiger partial charge in [-0.25, -0.2) is 0 Å². The molecule has 0 aromatic heterocycles. The molecular formula is C16H14Cl2N2O4. The van der Waals surface area contributed by atoms with Crippen LogP contribution >= 0.6 is 23.2 Å². The van der Waals surface area contributed by atoms with Gasteiger partial charge in [0.25, 0.3) is 11.8 Å². The molecule has 8 heteroatoms. The molecule has 0 aliphatic carbocycles. The summed E-state index contributed by atoms with van der Waals surface area (Å²) in [6.07, 6.45) is 0. The van der Waals surface area contributed by atoms with E-state index < -0.39 is 5.91 Å². The summed E-state index contributed by atoms with van der Waals surface area (Å²) >= 11 is 11.9. The number of halogens is 2. The van der Waals surface area contributed by atoms with E-state index in [4.69, 9.17) is 38.4 Å². The third kappa shape index (κ3) is 4.53. The van der Waals surface area contributed by atoms with Crippen molar-refractivity contribution >= 4 is 40.7 Å². The number of rotatable bonds is 6. The van der Waals surface area contributed by atoms with Crippen molar-refractivity contribution in [2.75, 3.05) is 19.0 Å². The van der Waals surface area contributed by atoms with Gasteiger partial charge in [0.05, 0.1) is 12.1 Å². The van der Waals surface area contributed by atoms with E-state index in [1.165, 1.54) is 19.2 Å². The molecule has 24 heavy (non-hydrogen) atoms. The van der Waals surface area contributed by atoms with Gasteiger partial charge in [0.1, 0.15) is 0 Å². The average molecular weight is 369 g/mol. The van der Waals surface area contributed by atoms with Crippen LogP contribution in [0.5, 0.6) is 11.5 Å². The smallest absolute Gasteiger partial charge is 0.255 e. The van der Waals surface area contributed by atoms with Gasteiger partial charge in [0.15, 0.2) is 18.1 Å². The molecule has 0 atom stereocenters. The summed E-state index contributed by atoms with van der Waals surface area (Å²) in [4.78, 5) is 23.1. The number of methoxy groups -OCH3 is 1. The number of nitrogens with one attached hydrogen (secondary N) is 1. The van der Waals surface area contributed by atoms with Crippen LogP contribution in [0.15, 0.2) is 36.4 Å². The Morgan fingerprint density at radius 2 is 1.83 bits per heavy atom. The van der Waals surface area contributed by atoms with Crippen LogP contribution in [0, 0.1) is 0 Å². The molecule has 6 nitrogen and oxygen atoms in total. The summed E-state index contributed by atoms with van der Waals surface area (Å²) < 4.78 is 10.4. The number of primary amides is 1. The molecule has 0 bridgehead atoms. The molecule has 0 aliphatic heterocycles. The number of hydrogen-bond acceptors (Lipinski definition) is 4. The fourth-order valence-corrected chi connectivity index (χ4v) is 2.26. The first-order valence-corrected chi connectivity index (χ1v) is 7.52. The Morgan fingerprint density at radius 1 is 1.17 bits per heavy atom. The number of carbonyl (C=O) groups excluding carboxylic acids is 2. The Balaban J connectivity index is 2.23. The first kappa shape index (κ1) is 17.9. The second-order valence-electron chi connectivity index (χ2n) is 4.71. The van der Waals surface area contributed by atoms with Crippen molar-refractivity contribution in [2.45, 2.75) is 0 Å². The summed E-state index contributed by atoms with van der Waals surface area (Å²) in [5, 5.41) is 3.39. The van der Waals surface area contributed by atoms with E-state index in [2.05, 4.69) is 5.32 Å². The number of carbonyl (C=O) groups is 2. The number of ether oxygens (including phenoxy) is 2. The van der Waals surface area contributed by atoms with Crippen molar-refractivity contribution in [3.05, 3.63) is 52.0 Å². The Kier molecular flexibility index (Phi) is 5.89. The summed E-state index contributed by atoms with van der Waals surface area (Å²) in [5.74, 6) is -0.692. The Hall–Kier alpha value is -2.44. The zero-order chi connectivity index (χ0) is 17.7. The van der Waals surface area contributed by atoms with Crippen LogP contribution in [0.3, 0.4) is 0 Å². The molecule has 2 aromatic rings. The first-order valence-electron chi connectivity index (χ1n) is 6.76. The maximum Gasteiger partial charge on any atom is 0.255 e. The predicted molar refractivity (Wildman–Crippen MR) is 92.1 cm³/mol. The lowest BCUT2D eigenvalue weighted by Gasteiger charge is -2.13. The van der Waals surface area contributed by atoms with Crippen molar-refractivity contribution in [1.82, 2.24) is 0 Å². The van der Waals surface area contributed by atoms with Crippen LogP contribution in [0.2, 0.25) is 10.0 Å². The summed E-state index contributed by atoms with van der Waals surface area (Å²) in [6.45, 7) is -0.355. The van der Waals surface area contributed by atoms with Gasteiger partial charge in [-0.1, -0.05) is 23.2 Å². The zero-order valence-electron chi connectivity index (χ0n) is 12.6. The predicted octanol–water partition coefficient (Wildman–Crippen LogP) is 3.12. The molecule has 0 heterocycles. The molecule has 126 valence electrons. The number of hydrogen-bond donors (Lipinski definition) is 2.